The highest BCUT2D eigenvalue weighted by molar-refractivity contribution is 6.33. The molecule has 0 atom stereocenters. The molecule has 0 amide bonds. The van der Waals surface area contributed by atoms with Gasteiger partial charge < -0.3 is 9.63 Å². The van der Waals surface area contributed by atoms with Gasteiger partial charge in [0.2, 0.25) is 0 Å². The predicted molar refractivity (Wildman–Crippen MR) is 56.4 cm³/mol. The molecule has 0 spiro atoms. The second kappa shape index (κ2) is 3.94. The van der Waals surface area contributed by atoms with Gasteiger partial charge in [-0.05, 0) is 13.0 Å². The Morgan fingerprint density at radius 1 is 1.56 bits per heavy atom. The Morgan fingerprint density at radius 2 is 2.31 bits per heavy atom. The lowest BCUT2D eigenvalue weighted by atomic mass is 10.1. The maximum absolute atomic E-state index is 11.0. The van der Waals surface area contributed by atoms with Gasteiger partial charge in [0.15, 0.2) is 0 Å². The first-order valence-electron chi connectivity index (χ1n) is 4.40. The fourth-order valence-electron chi connectivity index (χ4n) is 1.36. The van der Waals surface area contributed by atoms with Gasteiger partial charge in [-0.2, -0.15) is 0 Å². The lowest BCUT2D eigenvalue weighted by Crippen LogP contribution is -1.99. The van der Waals surface area contributed by atoms with Gasteiger partial charge in [-0.15, -0.1) is 0 Å². The molecule has 2 aromatic rings. The van der Waals surface area contributed by atoms with Crippen LogP contribution < -0.4 is 0 Å². The van der Waals surface area contributed by atoms with Crippen molar-refractivity contribution in [2.24, 2.45) is 0 Å². The summed E-state index contributed by atoms with van der Waals surface area (Å²) in [6.07, 6.45) is 2.96. The van der Waals surface area contributed by atoms with Crippen molar-refractivity contribution in [3.8, 4) is 11.3 Å². The van der Waals surface area contributed by atoms with Crippen LogP contribution in [0.1, 0.15) is 16.1 Å². The molecule has 0 saturated carbocycles. The largest absolute Gasteiger partial charge is 0.477 e. The predicted octanol–water partition coefficient (Wildman–Crippen LogP) is 2.40. The summed E-state index contributed by atoms with van der Waals surface area (Å²) >= 11 is 5.93. The Morgan fingerprint density at radius 3 is 2.94 bits per heavy atom. The molecule has 0 unspecified atom stereocenters. The molecule has 5 nitrogen and oxygen atoms in total. The number of aromatic nitrogens is 2. The van der Waals surface area contributed by atoms with Crippen LogP contribution >= 0.6 is 11.6 Å². The Labute approximate surface area is 95.7 Å². The van der Waals surface area contributed by atoms with Gasteiger partial charge >= 0.3 is 5.97 Å². The van der Waals surface area contributed by atoms with E-state index in [2.05, 4.69) is 10.1 Å². The molecule has 1 N–H and O–H groups in total. The van der Waals surface area contributed by atoms with Crippen LogP contribution in [0.3, 0.4) is 0 Å². The molecular weight excluding hydrogens is 232 g/mol. The zero-order chi connectivity index (χ0) is 11.7. The molecule has 16 heavy (non-hydrogen) atoms. The van der Waals surface area contributed by atoms with Crippen molar-refractivity contribution in [2.75, 3.05) is 0 Å². The fraction of sp³-hybridized carbons (Fsp3) is 0.100. The summed E-state index contributed by atoms with van der Waals surface area (Å²) in [4.78, 5) is 14.9. The number of hydrogen-bond donors (Lipinski definition) is 1. The van der Waals surface area contributed by atoms with E-state index in [-0.39, 0.29) is 17.0 Å². The van der Waals surface area contributed by atoms with Crippen molar-refractivity contribution in [2.45, 2.75) is 6.92 Å². The third-order valence-electron chi connectivity index (χ3n) is 2.10. The monoisotopic (exact) mass is 238 g/mol. The number of aryl methyl sites for hydroxylation is 1. The smallest absolute Gasteiger partial charge is 0.341 e. The average molecular weight is 239 g/mol. The van der Waals surface area contributed by atoms with Gasteiger partial charge in [-0.3, -0.25) is 4.98 Å². The number of rotatable bonds is 2. The van der Waals surface area contributed by atoms with Crippen LogP contribution in [0, 0.1) is 6.92 Å². The molecule has 0 radical (unpaired) electrons. The fourth-order valence-corrected chi connectivity index (χ4v) is 1.55. The van der Waals surface area contributed by atoms with Gasteiger partial charge in [-0.1, -0.05) is 16.8 Å². The van der Waals surface area contributed by atoms with E-state index in [9.17, 15) is 4.79 Å². The average Bonchev–Trinajstić information content (AvgIpc) is 2.61. The first-order chi connectivity index (χ1) is 7.61. The van der Waals surface area contributed by atoms with Crippen molar-refractivity contribution in [1.29, 1.82) is 0 Å². The Hall–Kier alpha value is -1.88. The van der Waals surface area contributed by atoms with Crippen molar-refractivity contribution >= 4 is 17.6 Å². The quantitative estimate of drug-likeness (QED) is 0.869. The van der Waals surface area contributed by atoms with Crippen LogP contribution in [0.15, 0.2) is 23.0 Å². The van der Waals surface area contributed by atoms with Crippen molar-refractivity contribution in [3.05, 3.63) is 34.8 Å². The zero-order valence-corrected chi connectivity index (χ0v) is 9.02. The van der Waals surface area contributed by atoms with Crippen LogP contribution in [-0.4, -0.2) is 21.2 Å². The minimum Gasteiger partial charge on any atom is -0.477 e. The zero-order valence-electron chi connectivity index (χ0n) is 8.27. The Bertz CT molecular complexity index is 551. The molecule has 0 aliphatic heterocycles. The number of hydrogen-bond acceptors (Lipinski definition) is 4. The molecule has 2 heterocycles. The topological polar surface area (TPSA) is 76.2 Å². The van der Waals surface area contributed by atoms with E-state index in [1.54, 1.807) is 6.07 Å². The number of nitrogens with zero attached hydrogens (tertiary/aromatic N) is 2. The van der Waals surface area contributed by atoms with Crippen LogP contribution in [0.5, 0.6) is 0 Å². The van der Waals surface area contributed by atoms with Gasteiger partial charge in [0, 0.05) is 18.0 Å². The first-order valence-corrected chi connectivity index (χ1v) is 4.78. The summed E-state index contributed by atoms with van der Waals surface area (Å²) in [5.74, 6) is -0.865. The summed E-state index contributed by atoms with van der Waals surface area (Å²) in [5.41, 5.74) is 0.649. The minimum atomic E-state index is -1.10. The Kier molecular flexibility index (Phi) is 2.62. The van der Waals surface area contributed by atoms with Crippen molar-refractivity contribution in [3.63, 3.8) is 0 Å². The number of aromatic carboxylic acids is 1. The van der Waals surface area contributed by atoms with Gasteiger partial charge in [0.1, 0.15) is 17.0 Å². The molecule has 0 aliphatic carbocycles. The van der Waals surface area contributed by atoms with Gasteiger partial charge in [0.05, 0.1) is 5.02 Å². The summed E-state index contributed by atoms with van der Waals surface area (Å²) in [7, 11) is 0. The summed E-state index contributed by atoms with van der Waals surface area (Å²) < 4.78 is 4.85. The van der Waals surface area contributed by atoms with E-state index in [0.717, 1.165) is 0 Å². The second-order valence-electron chi connectivity index (χ2n) is 3.12. The third-order valence-corrected chi connectivity index (χ3v) is 2.43. The molecule has 0 bridgehead atoms. The van der Waals surface area contributed by atoms with Crippen molar-refractivity contribution in [1.82, 2.24) is 10.1 Å². The summed E-state index contributed by atoms with van der Waals surface area (Å²) in [6, 6.07) is 1.56. The third kappa shape index (κ3) is 1.65. The lowest BCUT2D eigenvalue weighted by Gasteiger charge is -1.99. The number of halogens is 1. The number of carboxylic acids is 1. The van der Waals surface area contributed by atoms with Gasteiger partial charge in [-0.25, -0.2) is 4.79 Å². The minimum absolute atomic E-state index is 0.00917. The maximum Gasteiger partial charge on any atom is 0.341 e. The molecule has 0 saturated heterocycles. The summed E-state index contributed by atoms with van der Waals surface area (Å²) in [6.45, 7) is 1.53. The maximum atomic E-state index is 11.0. The molecule has 0 fully saturated rings. The van der Waals surface area contributed by atoms with E-state index in [1.165, 1.54) is 19.3 Å². The van der Waals surface area contributed by atoms with Crippen LogP contribution in [0.2, 0.25) is 5.02 Å². The number of carboxylic acid groups (broad SMARTS) is 1. The molecule has 82 valence electrons. The molecule has 2 rings (SSSR count). The van der Waals surface area contributed by atoms with Crippen molar-refractivity contribution < 1.29 is 14.4 Å². The second-order valence-corrected chi connectivity index (χ2v) is 3.53. The molecular formula is C10H7ClN2O3. The summed E-state index contributed by atoms with van der Waals surface area (Å²) in [5, 5.41) is 13.1. The lowest BCUT2D eigenvalue weighted by molar-refractivity contribution is 0.0696. The van der Waals surface area contributed by atoms with E-state index < -0.39 is 5.97 Å². The van der Waals surface area contributed by atoms with E-state index in [4.69, 9.17) is 21.2 Å². The SMILES string of the molecule is Cc1onc(-c2cnccc2Cl)c1C(=O)O. The number of carbonyl (C=O) groups is 1. The van der Waals surface area contributed by atoms with Gasteiger partial charge in [0.25, 0.3) is 0 Å². The number of pyridine rings is 1. The highest BCUT2D eigenvalue weighted by atomic mass is 35.5. The molecule has 0 aliphatic rings. The molecule has 6 heteroatoms. The van der Waals surface area contributed by atoms with Crippen LogP contribution in [0.4, 0.5) is 0 Å². The highest BCUT2D eigenvalue weighted by Gasteiger charge is 2.22. The van der Waals surface area contributed by atoms with Crippen LogP contribution in [-0.2, 0) is 0 Å². The van der Waals surface area contributed by atoms with E-state index in [0.29, 0.717) is 10.6 Å². The first kappa shape index (κ1) is 10.6. The molecule has 2 aromatic heterocycles. The van der Waals surface area contributed by atoms with E-state index in [1.807, 2.05) is 0 Å². The highest BCUT2D eigenvalue weighted by Crippen LogP contribution is 2.30. The van der Waals surface area contributed by atoms with E-state index >= 15 is 0 Å². The van der Waals surface area contributed by atoms with Crippen LogP contribution in [0.25, 0.3) is 11.3 Å². The molecule has 0 aromatic carbocycles. The standard InChI is InChI=1S/C10H7ClN2O3/c1-5-8(10(14)15)9(13-16-5)6-4-12-3-2-7(6)11/h2-4H,1H3,(H,14,15). The Balaban J connectivity index is 2.66. The normalized spacial score (nSPS) is 10.4.